The number of carbonyl (C=O) groups excluding carboxylic acids is 1. The first-order valence-electron chi connectivity index (χ1n) is 9.60. The molecule has 0 aromatic rings. The molecule has 1 amide bonds. The van der Waals surface area contributed by atoms with Gasteiger partial charge in [0.25, 0.3) is 0 Å². The van der Waals surface area contributed by atoms with Gasteiger partial charge in [0.15, 0.2) is 5.96 Å². The number of nitrogens with zero attached hydrogens (tertiary/aromatic N) is 2. The highest BCUT2D eigenvalue weighted by Crippen LogP contribution is 2.29. The number of hydrogen-bond acceptors (Lipinski definition) is 3. The topological polar surface area (TPSA) is 66.0 Å². The van der Waals surface area contributed by atoms with Crippen LogP contribution in [0.15, 0.2) is 4.99 Å². The Morgan fingerprint density at radius 1 is 1.20 bits per heavy atom. The molecule has 1 unspecified atom stereocenters. The molecule has 2 saturated carbocycles. The average Bonchev–Trinajstić information content (AvgIpc) is 3.07. The van der Waals surface area contributed by atoms with Gasteiger partial charge >= 0.3 is 0 Å². The van der Waals surface area contributed by atoms with Gasteiger partial charge in [-0.1, -0.05) is 12.8 Å². The maximum absolute atomic E-state index is 12.5. The van der Waals surface area contributed by atoms with Crippen LogP contribution < -0.4 is 10.6 Å². The van der Waals surface area contributed by atoms with E-state index >= 15 is 0 Å². The van der Waals surface area contributed by atoms with Crippen molar-refractivity contribution in [2.45, 2.75) is 51.0 Å². The van der Waals surface area contributed by atoms with E-state index in [1.807, 2.05) is 4.90 Å². The van der Waals surface area contributed by atoms with Crippen molar-refractivity contribution in [2.75, 3.05) is 39.9 Å². The summed E-state index contributed by atoms with van der Waals surface area (Å²) in [6.45, 7) is 4.05. The standard InChI is InChI=1S/C18H32N4O2.HI/c1-19-18(20-9-11-24-13-14-6-7-14)21-16-8-10-22(12-16)17(23)15-4-2-3-5-15;/h14-16H,2-13H2,1H3,(H2,19,20,21);1H. The van der Waals surface area contributed by atoms with Crippen LogP contribution in [0.5, 0.6) is 0 Å². The number of likely N-dealkylation sites (tertiary alicyclic amines) is 1. The Balaban J connectivity index is 0.00000225. The molecule has 0 bridgehead atoms. The Labute approximate surface area is 168 Å². The first kappa shape index (κ1) is 20.7. The van der Waals surface area contributed by atoms with Crippen molar-refractivity contribution in [3.8, 4) is 0 Å². The highest BCUT2D eigenvalue weighted by molar-refractivity contribution is 14.0. The van der Waals surface area contributed by atoms with E-state index in [0.717, 1.165) is 57.4 Å². The Morgan fingerprint density at radius 2 is 1.96 bits per heavy atom. The van der Waals surface area contributed by atoms with Gasteiger partial charge in [0, 0.05) is 45.2 Å². The van der Waals surface area contributed by atoms with Crippen molar-refractivity contribution in [1.82, 2.24) is 15.5 Å². The molecule has 0 radical (unpaired) electrons. The van der Waals surface area contributed by atoms with Crippen molar-refractivity contribution in [1.29, 1.82) is 0 Å². The van der Waals surface area contributed by atoms with Gasteiger partial charge in [0.1, 0.15) is 0 Å². The zero-order valence-electron chi connectivity index (χ0n) is 15.3. The summed E-state index contributed by atoms with van der Waals surface area (Å²) >= 11 is 0. The second-order valence-corrected chi connectivity index (χ2v) is 7.41. The van der Waals surface area contributed by atoms with Crippen LogP contribution in [0.4, 0.5) is 0 Å². The third-order valence-electron chi connectivity index (χ3n) is 5.36. The number of hydrogen-bond donors (Lipinski definition) is 2. The SMILES string of the molecule is CN=C(NCCOCC1CC1)NC1CCN(C(=O)C2CCCC2)C1.I. The first-order valence-corrected chi connectivity index (χ1v) is 9.60. The monoisotopic (exact) mass is 464 g/mol. The summed E-state index contributed by atoms with van der Waals surface area (Å²) in [5.41, 5.74) is 0. The lowest BCUT2D eigenvalue weighted by molar-refractivity contribution is -0.134. The summed E-state index contributed by atoms with van der Waals surface area (Å²) in [4.78, 5) is 18.8. The van der Waals surface area contributed by atoms with Crippen molar-refractivity contribution in [3.05, 3.63) is 0 Å². The van der Waals surface area contributed by atoms with Crippen LogP contribution in [-0.4, -0.2) is 62.7 Å². The van der Waals surface area contributed by atoms with Gasteiger partial charge in [-0.05, 0) is 38.0 Å². The maximum atomic E-state index is 12.5. The predicted molar refractivity (Wildman–Crippen MR) is 110 cm³/mol. The third-order valence-corrected chi connectivity index (χ3v) is 5.36. The molecule has 0 aromatic carbocycles. The lowest BCUT2D eigenvalue weighted by atomic mass is 10.1. The van der Waals surface area contributed by atoms with Gasteiger partial charge in [0.05, 0.1) is 6.61 Å². The van der Waals surface area contributed by atoms with Gasteiger partial charge in [-0.2, -0.15) is 0 Å². The normalized spacial score (nSPS) is 24.3. The minimum Gasteiger partial charge on any atom is -0.379 e. The zero-order chi connectivity index (χ0) is 16.8. The fourth-order valence-corrected chi connectivity index (χ4v) is 3.67. The molecule has 25 heavy (non-hydrogen) atoms. The summed E-state index contributed by atoms with van der Waals surface area (Å²) in [6, 6.07) is 0.300. The molecule has 0 aromatic heterocycles. The third kappa shape index (κ3) is 6.58. The lowest BCUT2D eigenvalue weighted by Gasteiger charge is -2.21. The van der Waals surface area contributed by atoms with Crippen molar-refractivity contribution >= 4 is 35.8 Å². The molecule has 7 heteroatoms. The second-order valence-electron chi connectivity index (χ2n) is 7.41. The summed E-state index contributed by atoms with van der Waals surface area (Å²) in [7, 11) is 1.79. The van der Waals surface area contributed by atoms with Gasteiger partial charge in [-0.3, -0.25) is 9.79 Å². The summed E-state index contributed by atoms with van der Waals surface area (Å²) in [5.74, 6) is 2.27. The summed E-state index contributed by atoms with van der Waals surface area (Å²) in [5, 5.41) is 6.74. The Morgan fingerprint density at radius 3 is 2.64 bits per heavy atom. The number of aliphatic imine (C=N–C) groups is 1. The van der Waals surface area contributed by atoms with Crippen LogP contribution in [0, 0.1) is 11.8 Å². The Kier molecular flexibility index (Phi) is 8.75. The number of nitrogens with one attached hydrogen (secondary N) is 2. The van der Waals surface area contributed by atoms with Crippen molar-refractivity contribution in [2.24, 2.45) is 16.8 Å². The molecule has 1 atom stereocenters. The lowest BCUT2D eigenvalue weighted by Crippen LogP contribution is -2.46. The number of halogens is 1. The second kappa shape index (κ2) is 10.5. The molecular weight excluding hydrogens is 431 g/mol. The van der Waals surface area contributed by atoms with Crippen molar-refractivity contribution < 1.29 is 9.53 Å². The van der Waals surface area contributed by atoms with E-state index in [-0.39, 0.29) is 29.9 Å². The van der Waals surface area contributed by atoms with Gasteiger partial charge in [0.2, 0.25) is 5.91 Å². The van der Waals surface area contributed by atoms with Crippen LogP contribution >= 0.6 is 24.0 Å². The number of rotatable bonds is 7. The van der Waals surface area contributed by atoms with E-state index < -0.39 is 0 Å². The molecule has 3 fully saturated rings. The Bertz CT molecular complexity index is 450. The fourth-order valence-electron chi connectivity index (χ4n) is 3.67. The van der Waals surface area contributed by atoms with E-state index in [4.69, 9.17) is 4.74 Å². The molecular formula is C18H33IN4O2. The van der Waals surface area contributed by atoms with Crippen LogP contribution in [0.2, 0.25) is 0 Å². The van der Waals surface area contributed by atoms with E-state index in [9.17, 15) is 4.79 Å². The molecule has 2 N–H and O–H groups in total. The van der Waals surface area contributed by atoms with Gasteiger partial charge in [-0.25, -0.2) is 0 Å². The molecule has 144 valence electrons. The number of ether oxygens (including phenoxy) is 1. The van der Waals surface area contributed by atoms with Gasteiger partial charge in [-0.15, -0.1) is 24.0 Å². The van der Waals surface area contributed by atoms with Crippen LogP contribution in [0.3, 0.4) is 0 Å². The minimum atomic E-state index is 0. The maximum Gasteiger partial charge on any atom is 0.225 e. The minimum absolute atomic E-state index is 0. The van der Waals surface area contributed by atoms with Crippen molar-refractivity contribution in [3.63, 3.8) is 0 Å². The molecule has 0 spiro atoms. The molecule has 1 heterocycles. The van der Waals surface area contributed by atoms with Crippen LogP contribution in [-0.2, 0) is 9.53 Å². The zero-order valence-corrected chi connectivity index (χ0v) is 17.7. The molecule has 3 aliphatic rings. The van der Waals surface area contributed by atoms with E-state index in [1.54, 1.807) is 7.05 Å². The number of amides is 1. The average molecular weight is 464 g/mol. The van der Waals surface area contributed by atoms with Crippen LogP contribution in [0.25, 0.3) is 0 Å². The first-order chi connectivity index (χ1) is 11.8. The summed E-state index contributed by atoms with van der Waals surface area (Å²) in [6.07, 6.45) is 8.24. The molecule has 6 nitrogen and oxygen atoms in total. The Hall–Kier alpha value is -0.570. The smallest absolute Gasteiger partial charge is 0.225 e. The molecule has 1 aliphatic heterocycles. The molecule has 1 saturated heterocycles. The largest absolute Gasteiger partial charge is 0.379 e. The van der Waals surface area contributed by atoms with Crippen LogP contribution in [0.1, 0.15) is 44.9 Å². The molecule has 2 aliphatic carbocycles. The van der Waals surface area contributed by atoms with E-state index in [2.05, 4.69) is 15.6 Å². The fraction of sp³-hybridized carbons (Fsp3) is 0.889. The highest BCUT2D eigenvalue weighted by Gasteiger charge is 2.32. The molecule has 3 rings (SSSR count). The van der Waals surface area contributed by atoms with E-state index in [0.29, 0.717) is 18.6 Å². The van der Waals surface area contributed by atoms with E-state index in [1.165, 1.54) is 25.7 Å². The quantitative estimate of drug-likeness (QED) is 0.262. The predicted octanol–water partition coefficient (Wildman–Crippen LogP) is 1.99. The van der Waals surface area contributed by atoms with Gasteiger partial charge < -0.3 is 20.3 Å². The number of guanidine groups is 1. The number of carbonyl (C=O) groups is 1. The summed E-state index contributed by atoms with van der Waals surface area (Å²) < 4.78 is 5.63. The highest BCUT2D eigenvalue weighted by atomic mass is 127.